The first kappa shape index (κ1) is 16.6. The number of para-hydroxylation sites is 1. The summed E-state index contributed by atoms with van der Waals surface area (Å²) >= 11 is 9.43. The summed E-state index contributed by atoms with van der Waals surface area (Å²) in [5.74, 6) is 0.453. The van der Waals surface area contributed by atoms with Gasteiger partial charge in [-0.3, -0.25) is 0 Å². The summed E-state index contributed by atoms with van der Waals surface area (Å²) in [6.07, 6.45) is 0. The van der Waals surface area contributed by atoms with Crippen molar-refractivity contribution < 1.29 is 9.53 Å². The quantitative estimate of drug-likeness (QED) is 0.826. The van der Waals surface area contributed by atoms with Gasteiger partial charge in [0.15, 0.2) is 5.75 Å². The molecule has 0 radical (unpaired) electrons. The van der Waals surface area contributed by atoms with Gasteiger partial charge in [0.2, 0.25) is 0 Å². The maximum absolute atomic E-state index is 12.3. The van der Waals surface area contributed by atoms with Crippen LogP contribution in [0.3, 0.4) is 0 Å². The number of anilines is 1. The molecule has 1 N–H and O–H groups in total. The second kappa shape index (κ2) is 7.51. The monoisotopic (exact) mass is 382 g/mol. The van der Waals surface area contributed by atoms with Gasteiger partial charge in [-0.15, -0.1) is 0 Å². The van der Waals surface area contributed by atoms with Gasteiger partial charge in [-0.25, -0.2) is 4.79 Å². The van der Waals surface area contributed by atoms with E-state index in [1.807, 2.05) is 24.3 Å². The molecule has 22 heavy (non-hydrogen) atoms. The van der Waals surface area contributed by atoms with Crippen LogP contribution in [-0.4, -0.2) is 25.1 Å². The highest BCUT2D eigenvalue weighted by atomic mass is 79.9. The number of benzene rings is 2. The highest BCUT2D eigenvalue weighted by Crippen LogP contribution is 2.32. The number of urea groups is 1. The van der Waals surface area contributed by atoms with Crippen molar-refractivity contribution in [1.82, 2.24) is 4.90 Å². The van der Waals surface area contributed by atoms with Crippen LogP contribution in [0.1, 0.15) is 5.56 Å². The molecule has 0 spiro atoms. The third-order valence-electron chi connectivity index (χ3n) is 3.09. The van der Waals surface area contributed by atoms with Crippen LogP contribution in [0.2, 0.25) is 5.02 Å². The molecule has 0 aliphatic heterocycles. The minimum absolute atomic E-state index is 0.233. The Balaban J connectivity index is 2.05. The molecule has 0 aliphatic rings. The Hall–Kier alpha value is -1.72. The molecule has 0 aliphatic carbocycles. The first-order chi connectivity index (χ1) is 10.5. The smallest absolute Gasteiger partial charge is 0.321 e. The first-order valence-corrected chi connectivity index (χ1v) is 7.77. The normalized spacial score (nSPS) is 10.2. The molecule has 4 nitrogen and oxygen atoms in total. The molecule has 0 atom stereocenters. The molecule has 2 aromatic rings. The van der Waals surface area contributed by atoms with E-state index in [0.29, 0.717) is 23.0 Å². The zero-order chi connectivity index (χ0) is 16.1. The highest BCUT2D eigenvalue weighted by molar-refractivity contribution is 9.10. The fourth-order valence-corrected chi connectivity index (χ4v) is 2.48. The molecule has 6 heteroatoms. The van der Waals surface area contributed by atoms with Crippen molar-refractivity contribution in [3.8, 4) is 5.75 Å². The van der Waals surface area contributed by atoms with Crippen LogP contribution in [0.4, 0.5) is 10.5 Å². The summed E-state index contributed by atoms with van der Waals surface area (Å²) in [7, 11) is 3.25. The van der Waals surface area contributed by atoms with Crippen molar-refractivity contribution in [1.29, 1.82) is 0 Å². The van der Waals surface area contributed by atoms with Crippen LogP contribution in [0, 0.1) is 0 Å². The lowest BCUT2D eigenvalue weighted by Gasteiger charge is -2.19. The Labute approximate surface area is 143 Å². The molecular formula is C16H16BrClN2O2. The molecule has 0 saturated heterocycles. The number of hydrogen-bond donors (Lipinski definition) is 1. The molecule has 0 unspecified atom stereocenters. The molecule has 0 aromatic heterocycles. The summed E-state index contributed by atoms with van der Waals surface area (Å²) in [6.45, 7) is 0.502. The van der Waals surface area contributed by atoms with Crippen molar-refractivity contribution in [2.24, 2.45) is 0 Å². The van der Waals surface area contributed by atoms with E-state index >= 15 is 0 Å². The molecule has 0 heterocycles. The van der Waals surface area contributed by atoms with Crippen molar-refractivity contribution in [3.05, 3.63) is 57.5 Å². The van der Waals surface area contributed by atoms with Gasteiger partial charge in [-0.1, -0.05) is 45.7 Å². The molecule has 0 fully saturated rings. The van der Waals surface area contributed by atoms with Crippen LogP contribution in [0.25, 0.3) is 0 Å². The highest BCUT2D eigenvalue weighted by Gasteiger charge is 2.13. The van der Waals surface area contributed by atoms with E-state index in [-0.39, 0.29) is 6.03 Å². The Morgan fingerprint density at radius 1 is 1.27 bits per heavy atom. The second-order valence-electron chi connectivity index (χ2n) is 4.73. The van der Waals surface area contributed by atoms with Gasteiger partial charge in [0.1, 0.15) is 0 Å². The van der Waals surface area contributed by atoms with Crippen LogP contribution in [0.15, 0.2) is 46.9 Å². The predicted octanol–water partition coefficient (Wildman–Crippen LogP) is 4.78. The predicted molar refractivity (Wildman–Crippen MR) is 92.6 cm³/mol. The van der Waals surface area contributed by atoms with Crippen molar-refractivity contribution in [2.45, 2.75) is 6.54 Å². The lowest BCUT2D eigenvalue weighted by molar-refractivity contribution is 0.220. The van der Waals surface area contributed by atoms with Gasteiger partial charge in [0.05, 0.1) is 17.8 Å². The number of hydrogen-bond acceptors (Lipinski definition) is 2. The summed E-state index contributed by atoms with van der Waals surface area (Å²) in [6, 6.07) is 12.8. The number of carbonyl (C=O) groups is 1. The number of amides is 2. The Bertz CT molecular complexity index is 662. The SMILES string of the molecule is COc1c(Cl)cccc1NC(=O)N(C)Cc1ccc(Br)cc1. The van der Waals surface area contributed by atoms with Gasteiger partial charge in [-0.05, 0) is 29.8 Å². The zero-order valence-electron chi connectivity index (χ0n) is 12.3. The van der Waals surface area contributed by atoms with Gasteiger partial charge in [-0.2, -0.15) is 0 Å². The largest absolute Gasteiger partial charge is 0.493 e. The van der Waals surface area contributed by atoms with E-state index in [1.54, 1.807) is 30.1 Å². The van der Waals surface area contributed by atoms with Gasteiger partial charge in [0, 0.05) is 18.1 Å². The number of rotatable bonds is 4. The third-order valence-corrected chi connectivity index (χ3v) is 3.92. The van der Waals surface area contributed by atoms with Crippen molar-refractivity contribution in [3.63, 3.8) is 0 Å². The zero-order valence-corrected chi connectivity index (χ0v) is 14.6. The number of ether oxygens (including phenoxy) is 1. The number of nitrogens with one attached hydrogen (secondary N) is 1. The van der Waals surface area contributed by atoms with Crippen LogP contribution in [0.5, 0.6) is 5.75 Å². The van der Waals surface area contributed by atoms with E-state index < -0.39 is 0 Å². The first-order valence-electron chi connectivity index (χ1n) is 6.60. The number of halogens is 2. The van der Waals surface area contributed by atoms with Crippen molar-refractivity contribution >= 4 is 39.2 Å². The lowest BCUT2D eigenvalue weighted by atomic mass is 10.2. The molecule has 2 amide bonds. The third kappa shape index (κ3) is 4.15. The molecule has 2 rings (SSSR count). The molecule has 116 valence electrons. The summed E-state index contributed by atoms with van der Waals surface area (Å²) < 4.78 is 6.22. The average molecular weight is 384 g/mol. The minimum Gasteiger partial charge on any atom is -0.493 e. The molecule has 0 saturated carbocycles. The Kier molecular flexibility index (Phi) is 5.69. The minimum atomic E-state index is -0.233. The van der Waals surface area contributed by atoms with Crippen LogP contribution < -0.4 is 10.1 Å². The van der Waals surface area contributed by atoms with E-state index in [0.717, 1.165) is 10.0 Å². The molecular weight excluding hydrogens is 368 g/mol. The maximum atomic E-state index is 12.3. The summed E-state index contributed by atoms with van der Waals surface area (Å²) in [5, 5.41) is 3.26. The lowest BCUT2D eigenvalue weighted by Crippen LogP contribution is -2.30. The van der Waals surface area contributed by atoms with Gasteiger partial charge >= 0.3 is 6.03 Å². The fraction of sp³-hybridized carbons (Fsp3) is 0.188. The number of methoxy groups -OCH3 is 1. The van der Waals surface area contributed by atoms with Crippen molar-refractivity contribution in [2.75, 3.05) is 19.5 Å². The summed E-state index contributed by atoms with van der Waals surface area (Å²) in [4.78, 5) is 13.9. The number of nitrogens with zero attached hydrogens (tertiary/aromatic N) is 1. The van der Waals surface area contributed by atoms with Crippen LogP contribution >= 0.6 is 27.5 Å². The number of carbonyl (C=O) groups excluding carboxylic acids is 1. The Morgan fingerprint density at radius 3 is 2.59 bits per heavy atom. The topological polar surface area (TPSA) is 41.6 Å². The van der Waals surface area contributed by atoms with Gasteiger partial charge < -0.3 is 15.0 Å². The fourth-order valence-electron chi connectivity index (χ4n) is 1.96. The second-order valence-corrected chi connectivity index (χ2v) is 6.06. The molecule has 2 aromatic carbocycles. The summed E-state index contributed by atoms with van der Waals surface area (Å²) in [5.41, 5.74) is 1.58. The van der Waals surface area contributed by atoms with Crippen LogP contribution in [-0.2, 0) is 6.54 Å². The van der Waals surface area contributed by atoms with E-state index in [2.05, 4.69) is 21.2 Å². The maximum Gasteiger partial charge on any atom is 0.321 e. The average Bonchev–Trinajstić information content (AvgIpc) is 2.49. The van der Waals surface area contributed by atoms with E-state index in [9.17, 15) is 4.79 Å². The van der Waals surface area contributed by atoms with E-state index in [1.165, 1.54) is 7.11 Å². The van der Waals surface area contributed by atoms with E-state index in [4.69, 9.17) is 16.3 Å². The van der Waals surface area contributed by atoms with Gasteiger partial charge in [0.25, 0.3) is 0 Å². The standard InChI is InChI=1S/C16H16BrClN2O2/c1-20(10-11-6-8-12(17)9-7-11)16(21)19-14-5-3-4-13(18)15(14)22-2/h3-9H,10H2,1-2H3,(H,19,21). The Morgan fingerprint density at radius 2 is 1.95 bits per heavy atom. The molecule has 0 bridgehead atoms.